The highest BCUT2D eigenvalue weighted by Gasteiger charge is 2.16. The maximum Gasteiger partial charge on any atom is 0.395 e. The van der Waals surface area contributed by atoms with Crippen LogP contribution in [0.1, 0.15) is 15.9 Å². The van der Waals surface area contributed by atoms with Gasteiger partial charge >= 0.3 is 8.69 Å². The van der Waals surface area contributed by atoms with Crippen molar-refractivity contribution in [2.45, 2.75) is 0 Å². The van der Waals surface area contributed by atoms with E-state index in [-0.39, 0.29) is 5.78 Å². The van der Waals surface area contributed by atoms with E-state index >= 15 is 0 Å². The smallest absolute Gasteiger partial charge is 0.395 e. The Morgan fingerprint density at radius 1 is 0.621 bits per heavy atom. The zero-order valence-electron chi connectivity index (χ0n) is 15.5. The van der Waals surface area contributed by atoms with Crippen LogP contribution in [0, 0.1) is 0 Å². The van der Waals surface area contributed by atoms with Gasteiger partial charge in [-0.15, -0.1) is 0 Å². The molecule has 4 aromatic carbocycles. The van der Waals surface area contributed by atoms with E-state index in [1.54, 1.807) is 24.3 Å². The minimum atomic E-state index is -0.502. The first-order valence-corrected chi connectivity index (χ1v) is 9.88. The normalized spacial score (nSPS) is 10.6. The molecule has 3 nitrogen and oxygen atoms in total. The van der Waals surface area contributed by atoms with Crippen LogP contribution in [0.25, 0.3) is 22.3 Å². The minimum Gasteiger partial charge on any atom is -0.407 e. The van der Waals surface area contributed by atoms with E-state index in [4.69, 9.17) is 4.52 Å². The summed E-state index contributed by atoms with van der Waals surface area (Å²) in [6.07, 6.45) is 0. The fourth-order valence-corrected chi connectivity index (χ4v) is 3.47. The molecule has 0 saturated carbocycles. The first-order chi connectivity index (χ1) is 14.3. The Hall–Kier alpha value is -3.55. The summed E-state index contributed by atoms with van der Waals surface area (Å²) in [6.45, 7) is 0. The molecule has 0 aliphatic carbocycles. The van der Waals surface area contributed by atoms with E-state index in [1.807, 2.05) is 78.9 Å². The lowest BCUT2D eigenvalue weighted by molar-refractivity contribution is 0.103. The zero-order chi connectivity index (χ0) is 20.1. The molecule has 0 heterocycles. The fourth-order valence-electron chi connectivity index (χ4n) is 3.24. The second kappa shape index (κ2) is 8.64. The predicted octanol–water partition coefficient (Wildman–Crippen LogP) is 6.84. The molecule has 0 amide bonds. The van der Waals surface area contributed by atoms with Gasteiger partial charge in [-0.3, -0.25) is 4.79 Å². The topological polar surface area (TPSA) is 43.4 Å². The van der Waals surface area contributed by atoms with Gasteiger partial charge in [-0.25, -0.2) is 4.57 Å². The molecule has 140 valence electrons. The summed E-state index contributed by atoms with van der Waals surface area (Å²) in [5, 5.41) is 0. The SMILES string of the molecule is O=POc1cc(-c2ccccc2)ccc1C(=O)c1ccc(-c2ccccc2)cc1. The number of benzene rings is 4. The number of carbonyl (C=O) groups is 1. The van der Waals surface area contributed by atoms with Crippen LogP contribution >= 0.6 is 8.69 Å². The number of carbonyl (C=O) groups excluding carboxylic acids is 1. The van der Waals surface area contributed by atoms with Crippen molar-refractivity contribution in [1.82, 2.24) is 0 Å². The van der Waals surface area contributed by atoms with Crippen molar-refractivity contribution in [3.63, 3.8) is 0 Å². The van der Waals surface area contributed by atoms with Gasteiger partial charge in [-0.1, -0.05) is 91.0 Å². The number of hydrogen-bond acceptors (Lipinski definition) is 3. The molecule has 0 N–H and O–H groups in total. The first-order valence-electron chi connectivity index (χ1n) is 9.15. The van der Waals surface area contributed by atoms with Crippen LogP contribution in [0.4, 0.5) is 0 Å². The molecule has 4 heteroatoms. The van der Waals surface area contributed by atoms with Crippen molar-refractivity contribution in [3.8, 4) is 28.0 Å². The third kappa shape index (κ3) is 4.16. The van der Waals surface area contributed by atoms with E-state index in [1.165, 1.54) is 0 Å². The summed E-state index contributed by atoms with van der Waals surface area (Å²) in [4.78, 5) is 13.1. The Kier molecular flexibility index (Phi) is 5.60. The molecule has 0 aliphatic rings. The molecule has 0 radical (unpaired) electrons. The Labute approximate surface area is 170 Å². The van der Waals surface area contributed by atoms with Crippen LogP contribution in [-0.4, -0.2) is 5.78 Å². The van der Waals surface area contributed by atoms with Crippen LogP contribution in [0.15, 0.2) is 103 Å². The Morgan fingerprint density at radius 3 is 1.72 bits per heavy atom. The second-order valence-electron chi connectivity index (χ2n) is 6.52. The lowest BCUT2D eigenvalue weighted by Gasteiger charge is -2.10. The second-order valence-corrected chi connectivity index (χ2v) is 6.85. The van der Waals surface area contributed by atoms with Crippen LogP contribution in [0.5, 0.6) is 5.75 Å². The largest absolute Gasteiger partial charge is 0.407 e. The van der Waals surface area contributed by atoms with Crippen LogP contribution in [0.3, 0.4) is 0 Å². The zero-order valence-corrected chi connectivity index (χ0v) is 16.4. The van der Waals surface area contributed by atoms with Gasteiger partial charge < -0.3 is 4.52 Å². The third-order valence-electron chi connectivity index (χ3n) is 4.72. The van der Waals surface area contributed by atoms with Gasteiger partial charge in [-0.2, -0.15) is 0 Å². The van der Waals surface area contributed by atoms with Crippen LogP contribution in [0.2, 0.25) is 0 Å². The third-order valence-corrected chi connectivity index (χ3v) is 4.99. The summed E-state index contributed by atoms with van der Waals surface area (Å²) in [5.74, 6) is 0.114. The van der Waals surface area contributed by atoms with Crippen molar-refractivity contribution in [3.05, 3.63) is 114 Å². The molecular formula is C25H17O3P. The molecule has 0 atom stereocenters. The molecule has 0 fully saturated rings. The standard InChI is InChI=1S/C25H17O3P/c26-25(21-13-11-20(12-14-21)18-7-3-1-4-8-18)23-16-15-22(17-24(23)28-29-27)19-9-5-2-6-10-19/h1-17H. The van der Waals surface area contributed by atoms with Crippen molar-refractivity contribution >= 4 is 14.5 Å². The number of rotatable bonds is 6. The predicted molar refractivity (Wildman–Crippen MR) is 115 cm³/mol. The lowest BCUT2D eigenvalue weighted by atomic mass is 9.97. The first kappa shape index (κ1) is 18.8. The maximum atomic E-state index is 13.1. The summed E-state index contributed by atoms with van der Waals surface area (Å²) >= 11 is 0. The van der Waals surface area contributed by atoms with Crippen molar-refractivity contribution in [2.75, 3.05) is 0 Å². The molecule has 0 unspecified atom stereocenters. The van der Waals surface area contributed by atoms with E-state index in [2.05, 4.69) is 0 Å². The number of hydrogen-bond donors (Lipinski definition) is 0. The Morgan fingerprint density at radius 2 is 1.14 bits per heavy atom. The highest BCUT2D eigenvalue weighted by molar-refractivity contribution is 7.17. The molecule has 0 aromatic heterocycles. The van der Waals surface area contributed by atoms with Gasteiger partial charge in [0.15, 0.2) is 5.78 Å². The number of ketones is 1. The molecule has 29 heavy (non-hydrogen) atoms. The van der Waals surface area contributed by atoms with Gasteiger partial charge in [-0.05, 0) is 34.4 Å². The monoisotopic (exact) mass is 396 g/mol. The summed E-state index contributed by atoms with van der Waals surface area (Å²) in [7, 11) is -0.502. The van der Waals surface area contributed by atoms with Gasteiger partial charge in [0, 0.05) is 5.56 Å². The summed E-state index contributed by atoms with van der Waals surface area (Å²) in [5.41, 5.74) is 4.93. The van der Waals surface area contributed by atoms with E-state index in [9.17, 15) is 9.36 Å². The van der Waals surface area contributed by atoms with Gasteiger partial charge in [0.2, 0.25) is 0 Å². The van der Waals surface area contributed by atoms with Crippen LogP contribution < -0.4 is 4.52 Å². The Balaban J connectivity index is 1.66. The van der Waals surface area contributed by atoms with Gasteiger partial charge in [0.1, 0.15) is 5.75 Å². The molecule has 4 aromatic rings. The average Bonchev–Trinajstić information content (AvgIpc) is 2.80. The van der Waals surface area contributed by atoms with Crippen molar-refractivity contribution in [1.29, 1.82) is 0 Å². The molecule has 0 saturated heterocycles. The summed E-state index contributed by atoms with van der Waals surface area (Å²) < 4.78 is 16.3. The molecule has 0 spiro atoms. The average molecular weight is 396 g/mol. The molecule has 4 rings (SSSR count). The Bertz CT molecular complexity index is 1140. The quantitative estimate of drug-likeness (QED) is 0.265. The summed E-state index contributed by atoms with van der Waals surface area (Å²) in [6, 6.07) is 32.5. The van der Waals surface area contributed by atoms with Gasteiger partial charge in [0.25, 0.3) is 0 Å². The maximum absolute atomic E-state index is 13.1. The lowest BCUT2D eigenvalue weighted by Crippen LogP contribution is -2.03. The van der Waals surface area contributed by atoms with Crippen molar-refractivity contribution < 1.29 is 13.9 Å². The minimum absolute atomic E-state index is 0.178. The van der Waals surface area contributed by atoms with E-state index < -0.39 is 8.69 Å². The van der Waals surface area contributed by atoms with Crippen molar-refractivity contribution in [2.24, 2.45) is 0 Å². The molecular weight excluding hydrogens is 379 g/mol. The highest BCUT2D eigenvalue weighted by atomic mass is 31.1. The van der Waals surface area contributed by atoms with E-state index in [0.29, 0.717) is 16.9 Å². The highest BCUT2D eigenvalue weighted by Crippen LogP contribution is 2.31. The van der Waals surface area contributed by atoms with E-state index in [0.717, 1.165) is 22.3 Å². The van der Waals surface area contributed by atoms with Crippen LogP contribution in [-0.2, 0) is 4.57 Å². The molecule has 0 bridgehead atoms. The molecule has 0 aliphatic heterocycles. The van der Waals surface area contributed by atoms with Gasteiger partial charge in [0.05, 0.1) is 5.56 Å². The fraction of sp³-hybridized carbons (Fsp3) is 0.